The topological polar surface area (TPSA) is 84.5 Å². The molecule has 0 atom stereocenters. The number of halogens is 1. The van der Waals surface area contributed by atoms with Gasteiger partial charge in [0.2, 0.25) is 11.8 Å². The van der Waals surface area contributed by atoms with Crippen molar-refractivity contribution in [2.75, 3.05) is 17.2 Å². The number of rotatable bonds is 13. The zero-order valence-electron chi connectivity index (χ0n) is 25.7. The summed E-state index contributed by atoms with van der Waals surface area (Å²) in [6.07, 6.45) is 2.61. The normalized spacial score (nSPS) is 12.2. The molecule has 40 heavy (non-hydrogen) atoms. The predicted molar refractivity (Wildman–Crippen MR) is 166 cm³/mol. The summed E-state index contributed by atoms with van der Waals surface area (Å²) in [6, 6.07) is 11.4. The Morgan fingerprint density at radius 3 is 2.08 bits per heavy atom. The van der Waals surface area contributed by atoms with Crippen LogP contribution in [0.3, 0.4) is 0 Å². The lowest BCUT2D eigenvalue weighted by molar-refractivity contribution is -0.130. The SMILES string of the molecule is CCC(C)(C)c1ccc(OCCCC(=O)Nc2ccc(Cl)c(NC(=O)CC(=O)C(C)(C)C)c2)c(C(C)(C)CC)c1. The van der Waals surface area contributed by atoms with Gasteiger partial charge in [-0.15, -0.1) is 0 Å². The monoisotopic (exact) mass is 570 g/mol. The Morgan fingerprint density at radius 2 is 1.48 bits per heavy atom. The van der Waals surface area contributed by atoms with Crippen LogP contribution >= 0.6 is 11.6 Å². The first-order valence-corrected chi connectivity index (χ1v) is 14.6. The molecule has 0 aliphatic rings. The second-order valence-electron chi connectivity index (χ2n) is 12.8. The third-order valence-corrected chi connectivity index (χ3v) is 8.08. The molecule has 2 amide bonds. The van der Waals surface area contributed by atoms with E-state index in [0.717, 1.165) is 18.6 Å². The second-order valence-corrected chi connectivity index (χ2v) is 13.2. The van der Waals surface area contributed by atoms with Crippen LogP contribution in [0.1, 0.15) is 106 Å². The molecule has 0 heterocycles. The summed E-state index contributed by atoms with van der Waals surface area (Å²) in [5.41, 5.74) is 2.79. The summed E-state index contributed by atoms with van der Waals surface area (Å²) in [4.78, 5) is 37.1. The number of nitrogens with one attached hydrogen (secondary N) is 2. The maximum absolute atomic E-state index is 12.6. The number of ether oxygens (including phenoxy) is 1. The molecule has 2 rings (SSSR count). The second kappa shape index (κ2) is 13.7. The van der Waals surface area contributed by atoms with Crippen LogP contribution in [-0.4, -0.2) is 24.2 Å². The van der Waals surface area contributed by atoms with Crippen LogP contribution in [-0.2, 0) is 25.2 Å². The third kappa shape index (κ3) is 9.36. The molecular formula is C33H47ClN2O4. The van der Waals surface area contributed by atoms with E-state index in [0.29, 0.717) is 29.4 Å². The lowest BCUT2D eigenvalue weighted by Crippen LogP contribution is -2.26. The largest absolute Gasteiger partial charge is 0.493 e. The fourth-order valence-electron chi connectivity index (χ4n) is 3.94. The van der Waals surface area contributed by atoms with Crippen molar-refractivity contribution >= 4 is 40.6 Å². The summed E-state index contributed by atoms with van der Waals surface area (Å²) in [6.45, 7) is 19.1. The molecule has 7 heteroatoms. The molecule has 0 radical (unpaired) electrons. The average Bonchev–Trinajstić information content (AvgIpc) is 2.87. The number of hydrogen-bond donors (Lipinski definition) is 2. The van der Waals surface area contributed by atoms with Crippen LogP contribution in [0.15, 0.2) is 36.4 Å². The quantitative estimate of drug-likeness (QED) is 0.187. The molecule has 0 fully saturated rings. The van der Waals surface area contributed by atoms with Gasteiger partial charge in [-0.3, -0.25) is 14.4 Å². The molecule has 6 nitrogen and oxygen atoms in total. The number of Topliss-reactive ketones (excluding diaryl/α,β-unsaturated/α-hetero) is 1. The minimum absolute atomic E-state index is 0.0335. The van der Waals surface area contributed by atoms with E-state index >= 15 is 0 Å². The van der Waals surface area contributed by atoms with E-state index < -0.39 is 11.3 Å². The van der Waals surface area contributed by atoms with Crippen molar-refractivity contribution in [3.05, 3.63) is 52.5 Å². The summed E-state index contributed by atoms with van der Waals surface area (Å²) in [7, 11) is 0. The molecule has 0 bridgehead atoms. The van der Waals surface area contributed by atoms with Gasteiger partial charge in [0.15, 0.2) is 0 Å². The highest BCUT2D eigenvalue weighted by Gasteiger charge is 2.27. The molecule has 0 aromatic heterocycles. The Morgan fingerprint density at radius 1 is 0.825 bits per heavy atom. The van der Waals surface area contributed by atoms with Crippen LogP contribution in [0.25, 0.3) is 0 Å². The highest BCUT2D eigenvalue weighted by Crippen LogP contribution is 2.38. The maximum Gasteiger partial charge on any atom is 0.231 e. The molecule has 0 aliphatic carbocycles. The van der Waals surface area contributed by atoms with Gasteiger partial charge in [0.05, 0.1) is 23.7 Å². The number of carbonyl (C=O) groups excluding carboxylic acids is 3. The molecule has 2 aromatic rings. The van der Waals surface area contributed by atoms with E-state index in [1.165, 1.54) is 11.1 Å². The van der Waals surface area contributed by atoms with Gasteiger partial charge in [-0.1, -0.05) is 86.0 Å². The number of ketones is 1. The van der Waals surface area contributed by atoms with Crippen molar-refractivity contribution in [3.8, 4) is 5.75 Å². The number of amides is 2. The van der Waals surface area contributed by atoms with E-state index in [-0.39, 0.29) is 35.4 Å². The van der Waals surface area contributed by atoms with Gasteiger partial charge in [0.25, 0.3) is 0 Å². The fourth-order valence-corrected chi connectivity index (χ4v) is 4.11. The van der Waals surface area contributed by atoms with Crippen LogP contribution in [0, 0.1) is 5.41 Å². The number of anilines is 2. The Kier molecular flexibility index (Phi) is 11.4. The Labute approximate surface area is 245 Å². The Balaban J connectivity index is 1.98. The van der Waals surface area contributed by atoms with Gasteiger partial charge >= 0.3 is 0 Å². The van der Waals surface area contributed by atoms with Gasteiger partial charge < -0.3 is 15.4 Å². The van der Waals surface area contributed by atoms with Gasteiger partial charge in [0.1, 0.15) is 11.5 Å². The minimum atomic E-state index is -0.607. The van der Waals surface area contributed by atoms with Crippen molar-refractivity contribution in [1.29, 1.82) is 0 Å². The maximum atomic E-state index is 12.6. The van der Waals surface area contributed by atoms with Crippen LogP contribution in [0.5, 0.6) is 5.75 Å². The number of hydrogen-bond acceptors (Lipinski definition) is 4. The lowest BCUT2D eigenvalue weighted by atomic mass is 9.76. The van der Waals surface area contributed by atoms with Gasteiger partial charge in [-0.25, -0.2) is 0 Å². The summed E-state index contributed by atoms with van der Waals surface area (Å²) >= 11 is 6.23. The minimum Gasteiger partial charge on any atom is -0.493 e. The van der Waals surface area contributed by atoms with Crippen LogP contribution in [0.2, 0.25) is 5.02 Å². The zero-order chi connectivity index (χ0) is 30.3. The summed E-state index contributed by atoms with van der Waals surface area (Å²) < 4.78 is 6.19. The molecule has 0 spiro atoms. The van der Waals surface area contributed by atoms with Crippen molar-refractivity contribution < 1.29 is 19.1 Å². The molecule has 0 saturated heterocycles. The summed E-state index contributed by atoms with van der Waals surface area (Å²) in [5.74, 6) is 0.0875. The highest BCUT2D eigenvalue weighted by molar-refractivity contribution is 6.34. The zero-order valence-corrected chi connectivity index (χ0v) is 26.5. The van der Waals surface area contributed by atoms with E-state index in [1.807, 2.05) is 0 Å². The molecule has 220 valence electrons. The first-order valence-electron chi connectivity index (χ1n) is 14.2. The van der Waals surface area contributed by atoms with Crippen LogP contribution < -0.4 is 15.4 Å². The van der Waals surface area contributed by atoms with E-state index in [2.05, 4.69) is 70.4 Å². The average molecular weight is 571 g/mol. The standard InChI is InChI=1S/C33H47ClN2O4/c1-10-32(6,7)22-14-17-27(24(19-22)33(8,9)11-2)40-18-12-13-29(38)35-23-15-16-25(34)26(20-23)36-30(39)21-28(37)31(3,4)5/h14-17,19-20H,10-13,18,21H2,1-9H3,(H,35,38)(H,36,39). The Hall–Kier alpha value is -2.86. The summed E-state index contributed by atoms with van der Waals surface area (Å²) in [5, 5.41) is 5.85. The molecule has 2 N–H and O–H groups in total. The lowest BCUT2D eigenvalue weighted by Gasteiger charge is -2.30. The molecule has 0 unspecified atom stereocenters. The van der Waals surface area contributed by atoms with Gasteiger partial charge in [-0.2, -0.15) is 0 Å². The first-order chi connectivity index (χ1) is 18.5. The fraction of sp³-hybridized carbons (Fsp3) is 0.545. The van der Waals surface area contributed by atoms with Crippen molar-refractivity contribution in [2.45, 2.75) is 105 Å². The van der Waals surface area contributed by atoms with Crippen molar-refractivity contribution in [1.82, 2.24) is 0 Å². The smallest absolute Gasteiger partial charge is 0.231 e. The number of carbonyl (C=O) groups is 3. The molecule has 0 aliphatic heterocycles. The number of benzene rings is 2. The highest BCUT2D eigenvalue weighted by atomic mass is 35.5. The van der Waals surface area contributed by atoms with Gasteiger partial charge in [-0.05, 0) is 59.9 Å². The molecule has 0 saturated carbocycles. The van der Waals surface area contributed by atoms with Gasteiger partial charge in [0, 0.05) is 23.1 Å². The van der Waals surface area contributed by atoms with E-state index in [1.54, 1.807) is 39.0 Å². The predicted octanol–water partition coefficient (Wildman–Crippen LogP) is 8.46. The van der Waals surface area contributed by atoms with E-state index in [9.17, 15) is 14.4 Å². The van der Waals surface area contributed by atoms with Crippen molar-refractivity contribution in [3.63, 3.8) is 0 Å². The third-order valence-electron chi connectivity index (χ3n) is 7.75. The molecular weight excluding hydrogens is 524 g/mol. The molecule has 2 aromatic carbocycles. The van der Waals surface area contributed by atoms with Crippen molar-refractivity contribution in [2.24, 2.45) is 5.41 Å². The Bertz CT molecular complexity index is 1210. The first kappa shape index (κ1) is 33.3. The van der Waals surface area contributed by atoms with Crippen LogP contribution in [0.4, 0.5) is 11.4 Å². The van der Waals surface area contributed by atoms with E-state index in [4.69, 9.17) is 16.3 Å².